The highest BCUT2D eigenvalue weighted by molar-refractivity contribution is 7.89. The van der Waals surface area contributed by atoms with Gasteiger partial charge in [-0.1, -0.05) is 17.2 Å². The van der Waals surface area contributed by atoms with E-state index in [1.807, 2.05) is 0 Å². The first-order chi connectivity index (χ1) is 11.9. The molecule has 9 nitrogen and oxygen atoms in total. The van der Waals surface area contributed by atoms with Crippen LogP contribution in [0.2, 0.25) is 0 Å². The summed E-state index contributed by atoms with van der Waals surface area (Å²) in [6.45, 7) is 1.07. The van der Waals surface area contributed by atoms with Gasteiger partial charge in [0.1, 0.15) is 0 Å². The number of sulfonamides is 1. The van der Waals surface area contributed by atoms with Gasteiger partial charge in [-0.2, -0.15) is 4.31 Å². The highest BCUT2D eigenvalue weighted by Crippen LogP contribution is 2.22. The molecule has 0 N–H and O–H groups in total. The van der Waals surface area contributed by atoms with E-state index in [1.54, 1.807) is 12.1 Å². The van der Waals surface area contributed by atoms with Crippen LogP contribution >= 0.6 is 0 Å². The summed E-state index contributed by atoms with van der Waals surface area (Å²) >= 11 is 0. The number of carbonyl (C=O) groups excluding carboxylic acids is 3. The fourth-order valence-corrected chi connectivity index (χ4v) is 3.95. The number of nitrogens with zero attached hydrogens (tertiary/aromatic N) is 2. The summed E-state index contributed by atoms with van der Waals surface area (Å²) in [4.78, 5) is 40.8. The lowest BCUT2D eigenvalue weighted by atomic mass is 10.1. The molecule has 1 fully saturated rings. The van der Waals surface area contributed by atoms with Crippen molar-refractivity contribution < 1.29 is 32.4 Å². The Morgan fingerprint density at radius 2 is 1.64 bits per heavy atom. The maximum absolute atomic E-state index is 12.1. The van der Waals surface area contributed by atoms with Gasteiger partial charge in [-0.15, -0.1) is 0 Å². The number of amides is 2. The molecule has 2 heterocycles. The number of hydroxylamine groups is 2. The average molecular weight is 368 g/mol. The van der Waals surface area contributed by atoms with Crippen LogP contribution < -0.4 is 0 Å². The van der Waals surface area contributed by atoms with E-state index < -0.39 is 40.0 Å². The van der Waals surface area contributed by atoms with Crippen molar-refractivity contribution in [1.29, 1.82) is 0 Å². The summed E-state index contributed by atoms with van der Waals surface area (Å²) in [5.74, 6) is -2.92. The summed E-state index contributed by atoms with van der Waals surface area (Å²) < 4.78 is 30.6. The van der Waals surface area contributed by atoms with Crippen LogP contribution in [0, 0.1) is 0 Å². The van der Waals surface area contributed by atoms with Crippen LogP contribution in [0.1, 0.15) is 27.1 Å². The summed E-state index contributed by atoms with van der Waals surface area (Å²) in [6.07, 6.45) is -0.465. The van der Waals surface area contributed by atoms with E-state index >= 15 is 0 Å². The van der Waals surface area contributed by atoms with Crippen molar-refractivity contribution in [3.8, 4) is 0 Å². The van der Waals surface area contributed by atoms with Gasteiger partial charge in [-0.05, 0) is 12.1 Å². The third-order valence-corrected chi connectivity index (χ3v) is 5.75. The molecular weight excluding hydrogens is 352 g/mol. The summed E-state index contributed by atoms with van der Waals surface area (Å²) in [5, 5.41) is 0.369. The number of ether oxygens (including phenoxy) is 1. The van der Waals surface area contributed by atoms with Crippen LogP contribution in [0.25, 0.3) is 0 Å². The molecule has 3 rings (SSSR count). The summed E-state index contributed by atoms with van der Waals surface area (Å²) in [7, 11) is -3.63. The summed E-state index contributed by atoms with van der Waals surface area (Å²) in [6, 6.07) is 6.08. The Morgan fingerprint density at radius 3 is 2.20 bits per heavy atom. The Balaban J connectivity index is 1.58. The lowest BCUT2D eigenvalue weighted by Crippen LogP contribution is -2.42. The normalized spacial score (nSPS) is 18.3. The molecule has 10 heteroatoms. The zero-order valence-electron chi connectivity index (χ0n) is 13.2. The number of hydrogen-bond acceptors (Lipinski definition) is 7. The molecule has 2 aliphatic rings. The Kier molecular flexibility index (Phi) is 4.84. The molecule has 2 amide bonds. The molecule has 0 aliphatic carbocycles. The summed E-state index contributed by atoms with van der Waals surface area (Å²) in [5.41, 5.74) is 0.280. The maximum atomic E-state index is 12.1. The Hall–Kier alpha value is -2.30. The van der Waals surface area contributed by atoms with Crippen LogP contribution in [-0.4, -0.2) is 67.6 Å². The quantitative estimate of drug-likeness (QED) is 0.662. The standard InChI is InChI=1S/C15H16N2O7S/c18-13(5-10-25(21,22)16-6-8-23-9-7-16)24-17-14(19)11-3-1-2-4-12(11)15(17)20/h1-4H,5-10H2. The first-order valence-corrected chi connectivity index (χ1v) is 9.25. The number of rotatable bonds is 5. The van der Waals surface area contributed by atoms with Gasteiger partial charge in [-0.3, -0.25) is 9.59 Å². The van der Waals surface area contributed by atoms with Crippen molar-refractivity contribution in [3.05, 3.63) is 35.4 Å². The second kappa shape index (κ2) is 6.90. The molecule has 0 aromatic heterocycles. The van der Waals surface area contributed by atoms with E-state index in [0.29, 0.717) is 18.3 Å². The Bertz CT molecular complexity index is 780. The minimum Gasteiger partial charge on any atom is -0.379 e. The van der Waals surface area contributed by atoms with Crippen LogP contribution in [0.15, 0.2) is 24.3 Å². The van der Waals surface area contributed by atoms with Crippen molar-refractivity contribution in [2.24, 2.45) is 0 Å². The van der Waals surface area contributed by atoms with Gasteiger partial charge in [-0.25, -0.2) is 13.2 Å². The second-order valence-corrected chi connectivity index (χ2v) is 7.58. The van der Waals surface area contributed by atoms with E-state index in [9.17, 15) is 22.8 Å². The molecular formula is C15H16N2O7S. The molecule has 0 unspecified atom stereocenters. The molecule has 1 aromatic rings. The minimum atomic E-state index is -3.63. The third-order valence-electron chi connectivity index (χ3n) is 3.88. The Labute approximate surface area is 144 Å². The van der Waals surface area contributed by atoms with Gasteiger partial charge in [0.05, 0.1) is 36.5 Å². The number of morpholine rings is 1. The third kappa shape index (κ3) is 3.55. The van der Waals surface area contributed by atoms with Crippen LogP contribution in [0.5, 0.6) is 0 Å². The first kappa shape index (κ1) is 17.5. The Morgan fingerprint density at radius 1 is 1.08 bits per heavy atom. The number of hydrogen-bond donors (Lipinski definition) is 0. The van der Waals surface area contributed by atoms with E-state index in [4.69, 9.17) is 9.57 Å². The fourth-order valence-electron chi connectivity index (χ4n) is 2.56. The van der Waals surface area contributed by atoms with Crippen molar-refractivity contribution in [3.63, 3.8) is 0 Å². The molecule has 0 saturated carbocycles. The molecule has 0 spiro atoms. The van der Waals surface area contributed by atoms with E-state index in [-0.39, 0.29) is 24.2 Å². The van der Waals surface area contributed by atoms with Crippen molar-refractivity contribution >= 4 is 27.8 Å². The number of benzene rings is 1. The monoisotopic (exact) mass is 368 g/mol. The van der Waals surface area contributed by atoms with Gasteiger partial charge in [0, 0.05) is 13.1 Å². The highest BCUT2D eigenvalue weighted by atomic mass is 32.2. The molecule has 1 aromatic carbocycles. The van der Waals surface area contributed by atoms with Crippen LogP contribution in [0.4, 0.5) is 0 Å². The predicted molar refractivity (Wildman–Crippen MR) is 83.8 cm³/mol. The molecule has 1 saturated heterocycles. The van der Waals surface area contributed by atoms with E-state index in [1.165, 1.54) is 16.4 Å². The number of carbonyl (C=O) groups is 3. The molecule has 25 heavy (non-hydrogen) atoms. The van der Waals surface area contributed by atoms with Gasteiger partial charge < -0.3 is 9.57 Å². The van der Waals surface area contributed by atoms with Gasteiger partial charge in [0.15, 0.2) is 0 Å². The lowest BCUT2D eigenvalue weighted by molar-refractivity contribution is -0.168. The molecule has 0 bridgehead atoms. The number of imide groups is 1. The topological polar surface area (TPSA) is 110 Å². The van der Waals surface area contributed by atoms with Crippen molar-refractivity contribution in [2.45, 2.75) is 6.42 Å². The number of fused-ring (bicyclic) bond motifs is 1. The van der Waals surface area contributed by atoms with Crippen LogP contribution in [0.3, 0.4) is 0 Å². The van der Waals surface area contributed by atoms with Crippen molar-refractivity contribution in [1.82, 2.24) is 9.37 Å². The first-order valence-electron chi connectivity index (χ1n) is 7.64. The maximum Gasteiger partial charge on any atom is 0.334 e. The molecule has 134 valence electrons. The fraction of sp³-hybridized carbons (Fsp3) is 0.400. The van der Waals surface area contributed by atoms with Crippen LogP contribution in [-0.2, 0) is 24.4 Å². The molecule has 0 atom stereocenters. The van der Waals surface area contributed by atoms with E-state index in [0.717, 1.165) is 0 Å². The van der Waals surface area contributed by atoms with Gasteiger partial charge in [0.25, 0.3) is 11.8 Å². The van der Waals surface area contributed by atoms with Crippen molar-refractivity contribution in [2.75, 3.05) is 32.1 Å². The smallest absolute Gasteiger partial charge is 0.334 e. The predicted octanol–water partition coefficient (Wildman–Crippen LogP) is -0.207. The van der Waals surface area contributed by atoms with Gasteiger partial charge in [0.2, 0.25) is 10.0 Å². The molecule has 2 aliphatic heterocycles. The largest absolute Gasteiger partial charge is 0.379 e. The van der Waals surface area contributed by atoms with Gasteiger partial charge >= 0.3 is 5.97 Å². The average Bonchev–Trinajstić information content (AvgIpc) is 2.86. The zero-order chi connectivity index (χ0) is 18.0. The minimum absolute atomic E-state index is 0.140. The second-order valence-electron chi connectivity index (χ2n) is 5.49. The SMILES string of the molecule is O=C(CCS(=O)(=O)N1CCOCC1)ON1C(=O)c2ccccc2C1=O. The highest BCUT2D eigenvalue weighted by Gasteiger charge is 2.38. The lowest BCUT2D eigenvalue weighted by Gasteiger charge is -2.25. The zero-order valence-corrected chi connectivity index (χ0v) is 14.0. The van der Waals surface area contributed by atoms with E-state index in [2.05, 4.69) is 0 Å². The molecule has 0 radical (unpaired) electrons.